The fourth-order valence-corrected chi connectivity index (χ4v) is 4.19. The van der Waals surface area contributed by atoms with Crippen LogP contribution in [0, 0.1) is 17.3 Å². The van der Waals surface area contributed by atoms with Crippen molar-refractivity contribution in [2.75, 3.05) is 31.1 Å². The summed E-state index contributed by atoms with van der Waals surface area (Å²) in [5.74, 6) is 2.13. The second kappa shape index (κ2) is 11.9. The molecular weight excluding hydrogens is 398 g/mol. The zero-order chi connectivity index (χ0) is 23.9. The van der Waals surface area contributed by atoms with Crippen LogP contribution in [0.4, 0.5) is 5.69 Å². The Morgan fingerprint density at radius 1 is 1.09 bits per heavy atom. The molecule has 0 spiro atoms. The molecule has 1 aliphatic rings. The van der Waals surface area contributed by atoms with Crippen LogP contribution in [-0.2, 0) is 4.79 Å². The summed E-state index contributed by atoms with van der Waals surface area (Å²) in [4.78, 5) is 17.3. The number of rotatable bonds is 10. The summed E-state index contributed by atoms with van der Waals surface area (Å²) in [7, 11) is 0. The van der Waals surface area contributed by atoms with Gasteiger partial charge >= 0.3 is 0 Å². The maximum absolute atomic E-state index is 12.7. The number of anilines is 1. The summed E-state index contributed by atoms with van der Waals surface area (Å²) in [6.45, 7) is 18.7. The average molecular weight is 446 g/mol. The fraction of sp³-hybridized carbons (Fsp3) is 0.741. The molecule has 0 radical (unpaired) electrons. The third kappa shape index (κ3) is 8.65. The number of carbonyl (C=O) groups is 1. The van der Waals surface area contributed by atoms with Gasteiger partial charge in [0.25, 0.3) is 0 Å². The predicted octanol–water partition coefficient (Wildman–Crippen LogP) is 5.33. The van der Waals surface area contributed by atoms with Crippen LogP contribution < -0.4 is 15.4 Å². The molecule has 0 saturated carbocycles. The first-order valence-corrected chi connectivity index (χ1v) is 12.5. The normalized spacial score (nSPS) is 16.5. The molecule has 1 fully saturated rings. The van der Waals surface area contributed by atoms with Crippen LogP contribution >= 0.6 is 0 Å². The number of amides is 1. The van der Waals surface area contributed by atoms with Crippen LogP contribution in [0.15, 0.2) is 24.3 Å². The lowest BCUT2D eigenvalue weighted by molar-refractivity contribution is -0.134. The van der Waals surface area contributed by atoms with Gasteiger partial charge in [-0.15, -0.1) is 0 Å². The number of hydrogen-bond acceptors (Lipinski definition) is 4. The molecular formula is C27H47N3O2. The van der Waals surface area contributed by atoms with Gasteiger partial charge in [0.1, 0.15) is 5.75 Å². The van der Waals surface area contributed by atoms with Gasteiger partial charge in [-0.25, -0.2) is 0 Å². The highest BCUT2D eigenvalue weighted by Gasteiger charge is 2.29. The van der Waals surface area contributed by atoms with Gasteiger partial charge in [0, 0.05) is 31.4 Å². The van der Waals surface area contributed by atoms with Crippen LogP contribution in [0.25, 0.3) is 0 Å². The van der Waals surface area contributed by atoms with Crippen molar-refractivity contribution in [2.45, 2.75) is 86.2 Å². The fourth-order valence-electron chi connectivity index (χ4n) is 4.19. The Hall–Kier alpha value is -1.75. The molecule has 1 aliphatic heterocycles. The molecule has 2 rings (SSSR count). The minimum atomic E-state index is -0.371. The number of likely N-dealkylation sites (tertiary alicyclic amines) is 1. The first kappa shape index (κ1) is 26.5. The molecule has 182 valence electrons. The lowest BCUT2D eigenvalue weighted by Crippen LogP contribution is -2.51. The van der Waals surface area contributed by atoms with Crippen LogP contribution in [0.2, 0.25) is 0 Å². The van der Waals surface area contributed by atoms with Crippen LogP contribution in [0.1, 0.15) is 74.1 Å². The highest BCUT2D eigenvalue weighted by atomic mass is 16.5. The maximum atomic E-state index is 12.7. The molecule has 0 unspecified atom stereocenters. The zero-order valence-electron chi connectivity index (χ0n) is 21.6. The number of piperidine rings is 1. The van der Waals surface area contributed by atoms with E-state index in [2.05, 4.69) is 77.6 Å². The number of hydrogen-bond donors (Lipinski definition) is 1. The Labute approximate surface area is 196 Å². The van der Waals surface area contributed by atoms with E-state index in [9.17, 15) is 4.79 Å². The first-order valence-electron chi connectivity index (χ1n) is 12.5. The number of nitrogens with zero attached hydrogens (tertiary/aromatic N) is 2. The van der Waals surface area contributed by atoms with Gasteiger partial charge in [0.15, 0.2) is 0 Å². The largest absolute Gasteiger partial charge is 0.493 e. The van der Waals surface area contributed by atoms with Gasteiger partial charge in [0.05, 0.1) is 12.6 Å². The number of carbonyl (C=O) groups excluding carboxylic acids is 1. The second-order valence-electron chi connectivity index (χ2n) is 11.5. The third-order valence-electron chi connectivity index (χ3n) is 6.05. The van der Waals surface area contributed by atoms with Crippen molar-refractivity contribution < 1.29 is 9.53 Å². The van der Waals surface area contributed by atoms with E-state index in [0.29, 0.717) is 24.5 Å². The van der Waals surface area contributed by atoms with E-state index in [1.54, 1.807) is 0 Å². The van der Waals surface area contributed by atoms with Crippen molar-refractivity contribution in [3.63, 3.8) is 0 Å². The third-order valence-corrected chi connectivity index (χ3v) is 6.05. The molecule has 5 heteroatoms. The molecule has 0 aliphatic carbocycles. The summed E-state index contributed by atoms with van der Waals surface area (Å²) < 4.78 is 5.96. The molecule has 2 N–H and O–H groups in total. The van der Waals surface area contributed by atoms with Gasteiger partial charge in [-0.1, -0.05) is 48.5 Å². The molecule has 1 aromatic carbocycles. The zero-order valence-corrected chi connectivity index (χ0v) is 21.6. The Morgan fingerprint density at radius 2 is 1.69 bits per heavy atom. The molecule has 1 atom stereocenters. The summed E-state index contributed by atoms with van der Waals surface area (Å²) >= 11 is 0. The minimum Gasteiger partial charge on any atom is -0.493 e. The summed E-state index contributed by atoms with van der Waals surface area (Å²) in [6, 6.07) is 8.63. The van der Waals surface area contributed by atoms with Crippen molar-refractivity contribution in [3.05, 3.63) is 24.3 Å². The quantitative estimate of drug-likeness (QED) is 0.529. The summed E-state index contributed by atoms with van der Waals surface area (Å²) in [5, 5.41) is 0. The van der Waals surface area contributed by atoms with E-state index in [4.69, 9.17) is 10.5 Å². The van der Waals surface area contributed by atoms with Gasteiger partial charge in [-0.05, 0) is 67.2 Å². The Balaban J connectivity index is 2.02. The predicted molar refractivity (Wildman–Crippen MR) is 135 cm³/mol. The maximum Gasteiger partial charge on any atom is 0.239 e. The number of benzene rings is 1. The Kier molecular flexibility index (Phi) is 9.87. The van der Waals surface area contributed by atoms with E-state index < -0.39 is 0 Å². The van der Waals surface area contributed by atoms with Gasteiger partial charge in [-0.3, -0.25) is 4.79 Å². The highest BCUT2D eigenvalue weighted by Crippen LogP contribution is 2.28. The topological polar surface area (TPSA) is 58.8 Å². The molecule has 1 amide bonds. The van der Waals surface area contributed by atoms with Gasteiger partial charge in [-0.2, -0.15) is 0 Å². The lowest BCUT2D eigenvalue weighted by Gasteiger charge is -2.41. The van der Waals surface area contributed by atoms with Gasteiger partial charge < -0.3 is 20.3 Å². The van der Waals surface area contributed by atoms with E-state index >= 15 is 0 Å². The molecule has 0 bridgehead atoms. The smallest absolute Gasteiger partial charge is 0.239 e. The molecule has 32 heavy (non-hydrogen) atoms. The Morgan fingerprint density at radius 3 is 2.19 bits per heavy atom. The van der Waals surface area contributed by atoms with E-state index in [1.807, 2.05) is 4.90 Å². The first-order chi connectivity index (χ1) is 15.0. The standard InChI is InChI=1S/C27H47N3O2/c1-20(2)12-17-30(22-8-10-24(11-9-22)32-19-27(5,6)7)23-13-15-29(16-14-23)26(31)25(28)18-21(3)4/h8-11,20-21,23,25H,12-19,28H2,1-7H3/t25-/m1/s1. The molecule has 1 heterocycles. The van der Waals surface area contributed by atoms with Crippen molar-refractivity contribution in [3.8, 4) is 5.75 Å². The SMILES string of the molecule is CC(C)CCN(c1ccc(OCC(C)(C)C)cc1)C1CCN(C(=O)[C@H](N)CC(C)C)CC1. The van der Waals surface area contributed by atoms with Crippen molar-refractivity contribution >= 4 is 11.6 Å². The lowest BCUT2D eigenvalue weighted by atomic mass is 9.98. The van der Waals surface area contributed by atoms with Crippen molar-refractivity contribution in [1.29, 1.82) is 0 Å². The van der Waals surface area contributed by atoms with Crippen molar-refractivity contribution in [1.82, 2.24) is 4.90 Å². The summed E-state index contributed by atoms with van der Waals surface area (Å²) in [5.41, 5.74) is 7.56. The van der Waals surface area contributed by atoms with Gasteiger partial charge in [0.2, 0.25) is 5.91 Å². The average Bonchev–Trinajstić information content (AvgIpc) is 2.72. The van der Waals surface area contributed by atoms with E-state index in [-0.39, 0.29) is 17.4 Å². The minimum absolute atomic E-state index is 0.117. The molecule has 1 aromatic rings. The van der Waals surface area contributed by atoms with E-state index in [0.717, 1.165) is 51.1 Å². The Bertz CT molecular complexity index is 686. The summed E-state index contributed by atoms with van der Waals surface area (Å²) in [6.07, 6.45) is 3.88. The molecule has 5 nitrogen and oxygen atoms in total. The van der Waals surface area contributed by atoms with Crippen LogP contribution in [-0.4, -0.2) is 49.1 Å². The van der Waals surface area contributed by atoms with Crippen LogP contribution in [0.3, 0.4) is 0 Å². The number of ether oxygens (including phenoxy) is 1. The molecule has 0 aromatic heterocycles. The van der Waals surface area contributed by atoms with Crippen LogP contribution in [0.5, 0.6) is 5.75 Å². The highest BCUT2D eigenvalue weighted by molar-refractivity contribution is 5.81. The monoisotopic (exact) mass is 445 g/mol. The molecule has 1 saturated heterocycles. The number of nitrogens with two attached hydrogens (primary N) is 1. The van der Waals surface area contributed by atoms with E-state index in [1.165, 1.54) is 5.69 Å². The van der Waals surface area contributed by atoms with Crippen molar-refractivity contribution in [2.24, 2.45) is 23.0 Å². The second-order valence-corrected chi connectivity index (χ2v) is 11.5.